The second kappa shape index (κ2) is 14.8. The third kappa shape index (κ3) is 7.35. The van der Waals surface area contributed by atoms with E-state index in [2.05, 4.69) is 72.3 Å². The lowest BCUT2D eigenvalue weighted by atomic mass is 9.99. The van der Waals surface area contributed by atoms with Crippen LogP contribution in [0.1, 0.15) is 68.6 Å². The van der Waals surface area contributed by atoms with Crippen molar-refractivity contribution in [3.8, 4) is 22.5 Å². The number of hydrogen-bond acceptors (Lipinski definition) is 5. The predicted octanol–water partition coefficient (Wildman–Crippen LogP) is 6.76. The average Bonchev–Trinajstić information content (AvgIpc) is 3.92. The average molecular weight is 644 g/mol. The number of allylic oxidation sites excluding steroid dienone is 2. The minimum Gasteiger partial charge on any atom is -0.338 e. The number of rotatable bonds is 12. The van der Waals surface area contributed by atoms with Crippen molar-refractivity contribution >= 4 is 29.3 Å². The Kier molecular flexibility index (Phi) is 9.91. The number of fused-ring (bicyclic) bond motifs is 1. The molecular formula is C40H46FN7. The Morgan fingerprint density at radius 3 is 2.75 bits per heavy atom. The molecule has 7 rings (SSSR count). The first-order chi connectivity index (χ1) is 23.5. The quantitative estimate of drug-likeness (QED) is 0.140. The first-order valence-corrected chi connectivity index (χ1v) is 17.6. The maximum atomic E-state index is 14.9. The Labute approximate surface area is 282 Å². The number of aromatic amines is 2. The molecule has 8 heteroatoms. The van der Waals surface area contributed by atoms with E-state index in [0.29, 0.717) is 0 Å². The van der Waals surface area contributed by atoms with Crippen LogP contribution in [0.5, 0.6) is 0 Å². The maximum absolute atomic E-state index is 14.9. The third-order valence-corrected chi connectivity index (χ3v) is 10.1. The SMILES string of the molecule is C=c1[nH]nc(-c2cc3c(-c4cc(F)cc(CCCN5CCCC5)c4)ccnc3[nH]2)/c1=C/C(=C\C)c1cncc(CNCC2CCCC2)c1. The van der Waals surface area contributed by atoms with Gasteiger partial charge >= 0.3 is 0 Å². The van der Waals surface area contributed by atoms with Gasteiger partial charge in [-0.25, -0.2) is 9.37 Å². The smallest absolute Gasteiger partial charge is 0.138 e. The van der Waals surface area contributed by atoms with Gasteiger partial charge in [-0.05, 0) is 142 Å². The summed E-state index contributed by atoms with van der Waals surface area (Å²) in [4.78, 5) is 15.2. The van der Waals surface area contributed by atoms with Crippen molar-refractivity contribution in [3.05, 3.63) is 94.1 Å². The van der Waals surface area contributed by atoms with E-state index >= 15 is 0 Å². The van der Waals surface area contributed by atoms with Crippen molar-refractivity contribution in [2.24, 2.45) is 5.92 Å². The molecule has 1 aliphatic carbocycles. The van der Waals surface area contributed by atoms with Crippen LogP contribution in [0.3, 0.4) is 0 Å². The predicted molar refractivity (Wildman–Crippen MR) is 194 cm³/mol. The van der Waals surface area contributed by atoms with E-state index in [4.69, 9.17) is 0 Å². The van der Waals surface area contributed by atoms with E-state index in [1.807, 2.05) is 25.4 Å². The van der Waals surface area contributed by atoms with Crippen molar-refractivity contribution in [2.75, 3.05) is 26.2 Å². The summed E-state index contributed by atoms with van der Waals surface area (Å²) in [5.41, 5.74) is 8.39. The molecule has 5 aromatic rings. The van der Waals surface area contributed by atoms with Crippen molar-refractivity contribution < 1.29 is 4.39 Å². The normalized spacial score (nSPS) is 16.5. The molecule has 7 nitrogen and oxygen atoms in total. The number of nitrogens with zero attached hydrogens (tertiary/aromatic N) is 4. The lowest BCUT2D eigenvalue weighted by Crippen LogP contribution is -2.22. The number of aromatic nitrogens is 5. The lowest BCUT2D eigenvalue weighted by molar-refractivity contribution is 0.334. The highest BCUT2D eigenvalue weighted by molar-refractivity contribution is 5.96. The fourth-order valence-electron chi connectivity index (χ4n) is 7.48. The molecule has 48 heavy (non-hydrogen) atoms. The molecule has 2 fully saturated rings. The van der Waals surface area contributed by atoms with Crippen LogP contribution in [0.15, 0.2) is 61.1 Å². The summed E-state index contributed by atoms with van der Waals surface area (Å²) in [7, 11) is 0. The number of nitrogens with one attached hydrogen (secondary N) is 3. The van der Waals surface area contributed by atoms with Gasteiger partial charge in [0.2, 0.25) is 0 Å². The summed E-state index contributed by atoms with van der Waals surface area (Å²) in [6.45, 7) is 11.6. The van der Waals surface area contributed by atoms with Gasteiger partial charge in [0.05, 0.1) is 11.0 Å². The molecule has 4 aromatic heterocycles. The van der Waals surface area contributed by atoms with E-state index in [1.54, 1.807) is 18.3 Å². The number of H-pyrrole nitrogens is 2. The zero-order valence-electron chi connectivity index (χ0n) is 28.0. The van der Waals surface area contributed by atoms with Gasteiger partial charge in [-0.3, -0.25) is 10.1 Å². The van der Waals surface area contributed by atoms with Gasteiger partial charge in [-0.2, -0.15) is 5.10 Å². The van der Waals surface area contributed by atoms with Gasteiger partial charge in [0, 0.05) is 41.3 Å². The Morgan fingerprint density at radius 1 is 1.06 bits per heavy atom. The molecule has 0 atom stereocenters. The fourth-order valence-corrected chi connectivity index (χ4v) is 7.48. The van der Waals surface area contributed by atoms with E-state index in [0.717, 1.165) is 99.2 Å². The van der Waals surface area contributed by atoms with Crippen LogP contribution >= 0.6 is 0 Å². The van der Waals surface area contributed by atoms with Gasteiger partial charge < -0.3 is 15.2 Å². The summed E-state index contributed by atoms with van der Waals surface area (Å²) < 4.78 is 14.9. The Balaban J connectivity index is 1.15. The standard InChI is InChI=1S/C40H46FN7/c1-3-31(33-18-30(25-43-26-33)24-42-23-28-9-4-5-10-28)21-36-27(2)46-47-39(36)38-22-37-35(12-13-44-40(37)45-38)32-17-29(19-34(41)20-32)11-8-16-48-14-6-7-15-48/h3,12-13,17-22,25-26,28,42,46H,2,4-11,14-16,23-24H2,1H3,(H,44,45)/b31-3+,36-21+. The Morgan fingerprint density at radius 2 is 1.92 bits per heavy atom. The molecule has 0 spiro atoms. The zero-order valence-corrected chi connectivity index (χ0v) is 28.0. The van der Waals surface area contributed by atoms with Crippen LogP contribution in [0, 0.1) is 11.7 Å². The summed E-state index contributed by atoms with van der Waals surface area (Å²) in [6, 6.07) is 11.7. The Hall–Kier alpha value is -4.40. The molecule has 1 saturated carbocycles. The summed E-state index contributed by atoms with van der Waals surface area (Å²) in [5, 5.41) is 13.9. The number of likely N-dealkylation sites (tertiary alicyclic amines) is 1. The first-order valence-electron chi connectivity index (χ1n) is 17.6. The largest absolute Gasteiger partial charge is 0.338 e. The first kappa shape index (κ1) is 32.2. The topological polar surface area (TPSA) is 85.5 Å². The molecule has 0 bridgehead atoms. The van der Waals surface area contributed by atoms with Crippen molar-refractivity contribution in [2.45, 2.75) is 64.8 Å². The van der Waals surface area contributed by atoms with E-state index in [9.17, 15) is 4.39 Å². The lowest BCUT2D eigenvalue weighted by Gasteiger charge is -2.14. The van der Waals surface area contributed by atoms with Crippen LogP contribution in [0.25, 0.3) is 51.8 Å². The van der Waals surface area contributed by atoms with Gasteiger partial charge in [-0.15, -0.1) is 0 Å². The summed E-state index contributed by atoms with van der Waals surface area (Å²) >= 11 is 0. The second-order valence-corrected chi connectivity index (χ2v) is 13.5. The molecule has 5 heterocycles. The number of hydrogen-bond donors (Lipinski definition) is 3. The molecule has 0 amide bonds. The molecule has 1 aliphatic heterocycles. The van der Waals surface area contributed by atoms with Gasteiger partial charge in [0.15, 0.2) is 0 Å². The van der Waals surface area contributed by atoms with Crippen LogP contribution in [0.4, 0.5) is 4.39 Å². The molecule has 3 N–H and O–H groups in total. The van der Waals surface area contributed by atoms with Crippen LogP contribution in [0.2, 0.25) is 0 Å². The molecule has 1 saturated heterocycles. The minimum atomic E-state index is -0.211. The minimum absolute atomic E-state index is 0.211. The van der Waals surface area contributed by atoms with E-state index < -0.39 is 0 Å². The molecule has 248 valence electrons. The van der Waals surface area contributed by atoms with Crippen molar-refractivity contribution in [1.82, 2.24) is 35.4 Å². The highest BCUT2D eigenvalue weighted by Gasteiger charge is 2.16. The van der Waals surface area contributed by atoms with Gasteiger partial charge in [0.25, 0.3) is 0 Å². The highest BCUT2D eigenvalue weighted by atomic mass is 19.1. The molecule has 2 aliphatic rings. The van der Waals surface area contributed by atoms with E-state index in [1.165, 1.54) is 57.2 Å². The van der Waals surface area contributed by atoms with Crippen LogP contribution in [-0.4, -0.2) is 56.2 Å². The second-order valence-electron chi connectivity index (χ2n) is 13.5. The van der Waals surface area contributed by atoms with Gasteiger partial charge in [0.1, 0.15) is 17.2 Å². The fraction of sp³-hybridized carbons (Fsp3) is 0.375. The van der Waals surface area contributed by atoms with Crippen LogP contribution < -0.4 is 15.9 Å². The number of aryl methyl sites for hydroxylation is 1. The third-order valence-electron chi connectivity index (χ3n) is 10.1. The summed E-state index contributed by atoms with van der Waals surface area (Å²) in [5.74, 6) is 0.588. The number of pyridine rings is 2. The molecular weight excluding hydrogens is 597 g/mol. The molecule has 0 radical (unpaired) electrons. The van der Waals surface area contributed by atoms with Crippen molar-refractivity contribution in [1.29, 1.82) is 0 Å². The number of halogens is 1. The van der Waals surface area contributed by atoms with Crippen LogP contribution in [-0.2, 0) is 13.0 Å². The van der Waals surface area contributed by atoms with Crippen molar-refractivity contribution in [3.63, 3.8) is 0 Å². The van der Waals surface area contributed by atoms with E-state index in [-0.39, 0.29) is 5.82 Å². The zero-order chi connectivity index (χ0) is 32.9. The molecule has 1 aromatic carbocycles. The summed E-state index contributed by atoms with van der Waals surface area (Å²) in [6.07, 6.45) is 19.7. The Bertz CT molecular complexity index is 2010. The number of benzene rings is 1. The molecule has 0 unspecified atom stereocenters. The monoisotopic (exact) mass is 643 g/mol. The highest BCUT2D eigenvalue weighted by Crippen LogP contribution is 2.32. The van der Waals surface area contributed by atoms with Gasteiger partial charge in [-0.1, -0.05) is 31.6 Å². The maximum Gasteiger partial charge on any atom is 0.138 e.